The first-order valence-electron chi connectivity index (χ1n) is 4.44. The van der Waals surface area contributed by atoms with Crippen molar-refractivity contribution in [3.05, 3.63) is 29.8 Å². The third-order valence-electron chi connectivity index (χ3n) is 1.78. The summed E-state index contributed by atoms with van der Waals surface area (Å²) in [4.78, 5) is 11.5. The Balaban J connectivity index is 2.52. The van der Waals surface area contributed by atoms with Crippen molar-refractivity contribution >= 4 is 11.5 Å². The lowest BCUT2D eigenvalue weighted by Crippen LogP contribution is -2.25. The van der Waals surface area contributed by atoms with Gasteiger partial charge in [-0.25, -0.2) is 0 Å². The van der Waals surface area contributed by atoms with Gasteiger partial charge >= 0.3 is 0 Å². The number of hydrogen-bond donors (Lipinski definition) is 3. The molecule has 4 heteroatoms. The zero-order valence-electron chi connectivity index (χ0n) is 7.86. The Morgan fingerprint density at radius 3 is 2.93 bits per heavy atom. The van der Waals surface area contributed by atoms with Crippen LogP contribution in [0.3, 0.4) is 0 Å². The van der Waals surface area contributed by atoms with Gasteiger partial charge in [0, 0.05) is 17.8 Å². The summed E-state index contributed by atoms with van der Waals surface area (Å²) in [6, 6.07) is 6.84. The summed E-state index contributed by atoms with van der Waals surface area (Å²) in [7, 11) is 0. The molecule has 0 atom stereocenters. The molecular weight excluding hydrogens is 180 g/mol. The molecule has 1 aromatic rings. The van der Waals surface area contributed by atoms with Crippen molar-refractivity contribution in [1.82, 2.24) is 5.32 Å². The first-order valence-corrected chi connectivity index (χ1v) is 4.44. The molecule has 76 valence electrons. The van der Waals surface area contributed by atoms with Crippen molar-refractivity contribution in [1.29, 1.82) is 0 Å². The van der Waals surface area contributed by atoms with Gasteiger partial charge in [0.15, 0.2) is 5.78 Å². The smallest absolute Gasteiger partial charge is 0.176 e. The molecule has 0 spiro atoms. The fraction of sp³-hybridized carbons (Fsp3) is 0.300. The quantitative estimate of drug-likeness (QED) is 0.351. The van der Waals surface area contributed by atoms with Gasteiger partial charge in [0.25, 0.3) is 0 Å². The zero-order chi connectivity index (χ0) is 10.4. The van der Waals surface area contributed by atoms with Gasteiger partial charge in [-0.15, -0.1) is 0 Å². The van der Waals surface area contributed by atoms with E-state index in [-0.39, 0.29) is 18.9 Å². The molecule has 4 nitrogen and oxygen atoms in total. The molecule has 0 saturated carbocycles. The van der Waals surface area contributed by atoms with Crippen molar-refractivity contribution < 1.29 is 9.90 Å². The lowest BCUT2D eigenvalue weighted by Gasteiger charge is -2.02. The number of Topliss-reactive ketones (excluding diaryl/α,β-unsaturated/α-hetero) is 1. The summed E-state index contributed by atoms with van der Waals surface area (Å²) in [5.74, 6) is -0.0225. The first kappa shape index (κ1) is 10.7. The van der Waals surface area contributed by atoms with Gasteiger partial charge in [0.05, 0.1) is 13.2 Å². The predicted octanol–water partition coefficient (Wildman–Crippen LogP) is 0.0334. The Hall–Kier alpha value is -1.39. The number of aliphatic hydroxyl groups excluding tert-OH is 1. The van der Waals surface area contributed by atoms with E-state index in [9.17, 15) is 4.79 Å². The van der Waals surface area contributed by atoms with Gasteiger partial charge < -0.3 is 16.2 Å². The zero-order valence-corrected chi connectivity index (χ0v) is 7.86. The van der Waals surface area contributed by atoms with Crippen molar-refractivity contribution in [2.45, 2.75) is 0 Å². The van der Waals surface area contributed by atoms with E-state index in [1.807, 2.05) is 0 Å². The first-order chi connectivity index (χ1) is 6.74. The van der Waals surface area contributed by atoms with E-state index >= 15 is 0 Å². The molecule has 0 fully saturated rings. The average Bonchev–Trinajstić information content (AvgIpc) is 2.18. The summed E-state index contributed by atoms with van der Waals surface area (Å²) in [6.45, 7) is 0.683. The maximum Gasteiger partial charge on any atom is 0.176 e. The number of benzene rings is 1. The molecule has 4 N–H and O–H groups in total. The van der Waals surface area contributed by atoms with Crippen molar-refractivity contribution in [2.75, 3.05) is 25.4 Å². The van der Waals surface area contributed by atoms with E-state index in [1.165, 1.54) is 0 Å². The second-order valence-electron chi connectivity index (χ2n) is 2.95. The average molecular weight is 194 g/mol. The van der Waals surface area contributed by atoms with Crippen LogP contribution in [0.1, 0.15) is 10.4 Å². The van der Waals surface area contributed by atoms with Crippen LogP contribution in [0.25, 0.3) is 0 Å². The lowest BCUT2D eigenvalue weighted by molar-refractivity contribution is 0.0989. The van der Waals surface area contributed by atoms with Gasteiger partial charge in [0.2, 0.25) is 0 Å². The van der Waals surface area contributed by atoms with Crippen LogP contribution in [0.4, 0.5) is 5.69 Å². The van der Waals surface area contributed by atoms with Crippen LogP contribution in [0.5, 0.6) is 0 Å². The molecule has 0 saturated heterocycles. The summed E-state index contributed by atoms with van der Waals surface area (Å²) >= 11 is 0. The predicted molar refractivity (Wildman–Crippen MR) is 55.1 cm³/mol. The molecule has 0 aliphatic carbocycles. The molecule has 0 aromatic heterocycles. The molecule has 0 unspecified atom stereocenters. The molecule has 0 amide bonds. The van der Waals surface area contributed by atoms with E-state index in [2.05, 4.69) is 5.32 Å². The summed E-state index contributed by atoms with van der Waals surface area (Å²) in [6.07, 6.45) is 0. The molecule has 0 heterocycles. The van der Waals surface area contributed by atoms with Crippen LogP contribution in [0.2, 0.25) is 0 Å². The second kappa shape index (κ2) is 5.36. The van der Waals surface area contributed by atoms with Crippen LogP contribution in [0, 0.1) is 0 Å². The molecule has 1 rings (SSSR count). The van der Waals surface area contributed by atoms with Crippen molar-refractivity contribution in [2.24, 2.45) is 0 Å². The summed E-state index contributed by atoms with van der Waals surface area (Å²) in [5.41, 5.74) is 6.71. The van der Waals surface area contributed by atoms with Crippen LogP contribution in [-0.4, -0.2) is 30.6 Å². The normalized spacial score (nSPS) is 10.1. The number of aliphatic hydroxyl groups is 1. The monoisotopic (exact) mass is 194 g/mol. The Morgan fingerprint density at radius 2 is 2.29 bits per heavy atom. The number of nitrogen functional groups attached to an aromatic ring is 1. The molecule has 0 bridgehead atoms. The summed E-state index contributed by atoms with van der Waals surface area (Å²) in [5, 5.41) is 11.3. The highest BCUT2D eigenvalue weighted by molar-refractivity contribution is 5.98. The number of ketones is 1. The van der Waals surface area contributed by atoms with Gasteiger partial charge in [-0.2, -0.15) is 0 Å². The third kappa shape index (κ3) is 3.16. The van der Waals surface area contributed by atoms with Gasteiger partial charge in [-0.3, -0.25) is 4.79 Å². The van der Waals surface area contributed by atoms with E-state index < -0.39 is 0 Å². The largest absolute Gasteiger partial charge is 0.399 e. The number of carbonyl (C=O) groups is 1. The minimum atomic E-state index is -0.0225. The van der Waals surface area contributed by atoms with E-state index in [4.69, 9.17) is 10.8 Å². The lowest BCUT2D eigenvalue weighted by atomic mass is 10.1. The van der Waals surface area contributed by atoms with E-state index in [0.717, 1.165) is 0 Å². The van der Waals surface area contributed by atoms with E-state index in [1.54, 1.807) is 24.3 Å². The highest BCUT2D eigenvalue weighted by Gasteiger charge is 2.04. The highest BCUT2D eigenvalue weighted by atomic mass is 16.3. The van der Waals surface area contributed by atoms with Crippen LogP contribution < -0.4 is 11.1 Å². The third-order valence-corrected chi connectivity index (χ3v) is 1.78. The fourth-order valence-corrected chi connectivity index (χ4v) is 1.10. The second-order valence-corrected chi connectivity index (χ2v) is 2.95. The maximum atomic E-state index is 11.5. The molecule has 0 aliphatic rings. The highest BCUT2D eigenvalue weighted by Crippen LogP contribution is 2.06. The molecular formula is C10H14N2O2. The number of hydrogen-bond acceptors (Lipinski definition) is 4. The minimum absolute atomic E-state index is 0.0225. The van der Waals surface area contributed by atoms with Crippen LogP contribution >= 0.6 is 0 Å². The number of carbonyl (C=O) groups excluding carboxylic acids is 1. The molecule has 14 heavy (non-hydrogen) atoms. The van der Waals surface area contributed by atoms with Gasteiger partial charge in [-0.1, -0.05) is 12.1 Å². The SMILES string of the molecule is Nc1cccc(C(=O)CNCCO)c1. The number of nitrogens with two attached hydrogens (primary N) is 1. The Morgan fingerprint density at radius 1 is 1.50 bits per heavy atom. The molecule has 0 aliphatic heterocycles. The number of rotatable bonds is 5. The van der Waals surface area contributed by atoms with Gasteiger partial charge in [0.1, 0.15) is 0 Å². The minimum Gasteiger partial charge on any atom is -0.399 e. The Bertz CT molecular complexity index is 313. The fourth-order valence-electron chi connectivity index (χ4n) is 1.10. The van der Waals surface area contributed by atoms with Crippen LogP contribution in [-0.2, 0) is 0 Å². The standard InChI is InChI=1S/C10H14N2O2/c11-9-3-1-2-8(6-9)10(14)7-12-4-5-13/h1-3,6,12-13H,4-5,7,11H2. The summed E-state index contributed by atoms with van der Waals surface area (Å²) < 4.78 is 0. The van der Waals surface area contributed by atoms with E-state index in [0.29, 0.717) is 17.8 Å². The number of anilines is 1. The van der Waals surface area contributed by atoms with Crippen LogP contribution in [0.15, 0.2) is 24.3 Å². The topological polar surface area (TPSA) is 75.4 Å². The number of nitrogens with one attached hydrogen (secondary N) is 1. The molecule has 0 radical (unpaired) electrons. The Labute approximate surface area is 82.7 Å². The van der Waals surface area contributed by atoms with Crippen molar-refractivity contribution in [3.63, 3.8) is 0 Å². The van der Waals surface area contributed by atoms with Gasteiger partial charge in [-0.05, 0) is 12.1 Å². The maximum absolute atomic E-state index is 11.5. The molecule has 1 aromatic carbocycles. The van der Waals surface area contributed by atoms with Crippen molar-refractivity contribution in [3.8, 4) is 0 Å². The Kier molecular flexibility index (Phi) is 4.10.